The molecule has 1 N–H and O–H groups in total. The minimum Gasteiger partial charge on any atom is -0.385 e. The molecule has 0 heterocycles. The van der Waals surface area contributed by atoms with Crippen LogP contribution < -0.4 is 5.32 Å². The highest BCUT2D eigenvalue weighted by Gasteiger charge is 2.17. The first kappa shape index (κ1) is 15.3. The first-order chi connectivity index (χ1) is 8.99. The first-order valence-electron chi connectivity index (χ1n) is 6.18. The van der Waals surface area contributed by atoms with Crippen LogP contribution in [0.25, 0.3) is 0 Å². The van der Waals surface area contributed by atoms with E-state index in [1.54, 1.807) is 37.1 Å². The summed E-state index contributed by atoms with van der Waals surface area (Å²) in [6, 6.07) is 7.30. The van der Waals surface area contributed by atoms with Gasteiger partial charge in [-0.2, -0.15) is 5.26 Å². The number of rotatable bonds is 5. The normalized spacial score (nSPS) is 11.5. The van der Waals surface area contributed by atoms with E-state index in [0.29, 0.717) is 17.1 Å². The van der Waals surface area contributed by atoms with Crippen molar-refractivity contribution in [2.45, 2.75) is 13.8 Å². The molecule has 1 atom stereocenters. The number of carbonyl (C=O) groups is 1. The van der Waals surface area contributed by atoms with E-state index in [9.17, 15) is 4.79 Å². The van der Waals surface area contributed by atoms with Crippen LogP contribution in [0.2, 0.25) is 5.02 Å². The van der Waals surface area contributed by atoms with Crippen LogP contribution in [0.4, 0.5) is 5.69 Å². The maximum Gasteiger partial charge on any atom is 0.255 e. The molecule has 4 nitrogen and oxygen atoms in total. The molecule has 0 spiro atoms. The van der Waals surface area contributed by atoms with Crippen molar-refractivity contribution in [3.8, 4) is 6.07 Å². The first-order valence-corrected chi connectivity index (χ1v) is 6.55. The molecule has 5 heteroatoms. The molecule has 0 fully saturated rings. The van der Waals surface area contributed by atoms with Gasteiger partial charge in [-0.05, 0) is 32.0 Å². The number of benzene rings is 1. The molecule has 102 valence electrons. The van der Waals surface area contributed by atoms with E-state index in [1.165, 1.54) is 0 Å². The van der Waals surface area contributed by atoms with E-state index in [-0.39, 0.29) is 11.8 Å². The summed E-state index contributed by atoms with van der Waals surface area (Å²) in [4.78, 5) is 13.9. The molecule has 1 aromatic rings. The topological polar surface area (TPSA) is 56.1 Å². The zero-order chi connectivity index (χ0) is 14.4. The highest BCUT2D eigenvalue weighted by atomic mass is 35.5. The van der Waals surface area contributed by atoms with E-state index >= 15 is 0 Å². The second kappa shape index (κ2) is 7.01. The lowest BCUT2D eigenvalue weighted by Gasteiger charge is -2.20. The fourth-order valence-electron chi connectivity index (χ4n) is 1.78. The van der Waals surface area contributed by atoms with Gasteiger partial charge in [0.1, 0.15) is 0 Å². The quantitative estimate of drug-likeness (QED) is 0.901. The number of nitrogens with zero attached hydrogens (tertiary/aromatic N) is 2. The number of halogens is 1. The Morgan fingerprint density at radius 2 is 2.26 bits per heavy atom. The van der Waals surface area contributed by atoms with Gasteiger partial charge in [-0.3, -0.25) is 4.79 Å². The van der Waals surface area contributed by atoms with Crippen LogP contribution in [0.3, 0.4) is 0 Å². The van der Waals surface area contributed by atoms with E-state index in [0.717, 1.165) is 12.2 Å². The Labute approximate surface area is 119 Å². The van der Waals surface area contributed by atoms with Crippen molar-refractivity contribution in [3.05, 3.63) is 28.8 Å². The Hall–Kier alpha value is -1.73. The molecule has 0 aliphatic heterocycles. The van der Waals surface area contributed by atoms with Crippen molar-refractivity contribution in [2.75, 3.05) is 25.5 Å². The van der Waals surface area contributed by atoms with Gasteiger partial charge in [-0.15, -0.1) is 0 Å². The predicted octanol–water partition coefficient (Wildman–Crippen LogP) is 3.00. The number of carbonyl (C=O) groups excluding carboxylic acids is 1. The Morgan fingerprint density at radius 3 is 2.84 bits per heavy atom. The number of nitrogens with one attached hydrogen (secondary N) is 1. The molecule has 0 bridgehead atoms. The van der Waals surface area contributed by atoms with Crippen molar-refractivity contribution >= 4 is 23.2 Å². The van der Waals surface area contributed by atoms with Crippen LogP contribution in [0.15, 0.2) is 18.2 Å². The van der Waals surface area contributed by atoms with E-state index in [2.05, 4.69) is 11.4 Å². The maximum absolute atomic E-state index is 12.4. The minimum atomic E-state index is -0.198. The lowest BCUT2D eigenvalue weighted by atomic mass is 10.1. The van der Waals surface area contributed by atoms with Crippen LogP contribution in [0.5, 0.6) is 0 Å². The summed E-state index contributed by atoms with van der Waals surface area (Å²) in [5.74, 6) is -0.337. The molecular formula is C14H18ClN3O. The Balaban J connectivity index is 2.97. The van der Waals surface area contributed by atoms with Crippen molar-refractivity contribution in [2.24, 2.45) is 5.92 Å². The number of nitriles is 1. The van der Waals surface area contributed by atoms with Gasteiger partial charge in [0.05, 0.1) is 17.6 Å². The van der Waals surface area contributed by atoms with Crippen molar-refractivity contribution in [1.82, 2.24) is 4.90 Å². The molecule has 0 saturated carbocycles. The fraction of sp³-hybridized carbons (Fsp3) is 0.429. The van der Waals surface area contributed by atoms with Crippen molar-refractivity contribution in [1.29, 1.82) is 5.26 Å². The third-order valence-corrected chi connectivity index (χ3v) is 2.93. The maximum atomic E-state index is 12.4. The smallest absolute Gasteiger partial charge is 0.255 e. The molecule has 19 heavy (non-hydrogen) atoms. The molecule has 1 unspecified atom stereocenters. The Kier molecular flexibility index (Phi) is 5.65. The third-order valence-electron chi connectivity index (χ3n) is 2.69. The van der Waals surface area contributed by atoms with Gasteiger partial charge in [0.15, 0.2) is 0 Å². The summed E-state index contributed by atoms with van der Waals surface area (Å²) >= 11 is 5.95. The van der Waals surface area contributed by atoms with Gasteiger partial charge in [0.25, 0.3) is 5.91 Å². The number of anilines is 1. The Morgan fingerprint density at radius 1 is 1.58 bits per heavy atom. The van der Waals surface area contributed by atoms with Gasteiger partial charge in [0, 0.05) is 30.8 Å². The van der Waals surface area contributed by atoms with Gasteiger partial charge in [-0.1, -0.05) is 11.6 Å². The zero-order valence-corrected chi connectivity index (χ0v) is 12.2. The van der Waals surface area contributed by atoms with Crippen LogP contribution >= 0.6 is 11.6 Å². The van der Waals surface area contributed by atoms with Gasteiger partial charge < -0.3 is 10.2 Å². The molecular weight excluding hydrogens is 262 g/mol. The van der Waals surface area contributed by atoms with Gasteiger partial charge >= 0.3 is 0 Å². The predicted molar refractivity (Wildman–Crippen MR) is 77.4 cm³/mol. The van der Waals surface area contributed by atoms with Gasteiger partial charge in [0.2, 0.25) is 0 Å². The number of hydrogen-bond donors (Lipinski definition) is 1. The highest BCUT2D eigenvalue weighted by Crippen LogP contribution is 2.22. The zero-order valence-electron chi connectivity index (χ0n) is 11.4. The highest BCUT2D eigenvalue weighted by molar-refractivity contribution is 6.31. The molecule has 0 saturated heterocycles. The SMILES string of the molecule is CCNc1ccc(Cl)cc1C(=O)N(C)CC(C)C#N. The molecule has 1 aromatic carbocycles. The molecule has 1 rings (SSSR count). The van der Waals surface area contributed by atoms with Crippen LogP contribution in [0.1, 0.15) is 24.2 Å². The second-order valence-electron chi connectivity index (χ2n) is 4.44. The lowest BCUT2D eigenvalue weighted by Crippen LogP contribution is -2.31. The van der Waals surface area contributed by atoms with Crippen molar-refractivity contribution < 1.29 is 4.79 Å². The van der Waals surface area contributed by atoms with Crippen LogP contribution in [-0.4, -0.2) is 30.9 Å². The summed E-state index contributed by atoms with van der Waals surface area (Å²) in [6.45, 7) is 4.87. The largest absolute Gasteiger partial charge is 0.385 e. The summed E-state index contributed by atoms with van der Waals surface area (Å²) in [5.41, 5.74) is 1.29. The lowest BCUT2D eigenvalue weighted by molar-refractivity contribution is 0.0786. The molecule has 1 amide bonds. The molecule has 0 aromatic heterocycles. The van der Waals surface area contributed by atoms with Crippen LogP contribution in [0, 0.1) is 17.2 Å². The summed E-state index contributed by atoms with van der Waals surface area (Å²) in [5, 5.41) is 12.5. The average molecular weight is 280 g/mol. The molecule has 0 aliphatic rings. The second-order valence-corrected chi connectivity index (χ2v) is 4.87. The van der Waals surface area contributed by atoms with E-state index < -0.39 is 0 Å². The summed E-state index contributed by atoms with van der Waals surface area (Å²) < 4.78 is 0. The fourth-order valence-corrected chi connectivity index (χ4v) is 1.95. The summed E-state index contributed by atoms with van der Waals surface area (Å²) in [7, 11) is 1.69. The van der Waals surface area contributed by atoms with E-state index in [4.69, 9.17) is 16.9 Å². The average Bonchev–Trinajstić information content (AvgIpc) is 2.39. The minimum absolute atomic E-state index is 0.138. The molecule has 0 aliphatic carbocycles. The Bertz CT molecular complexity index is 496. The van der Waals surface area contributed by atoms with Crippen molar-refractivity contribution in [3.63, 3.8) is 0 Å². The monoisotopic (exact) mass is 279 g/mol. The third kappa shape index (κ3) is 4.15. The summed E-state index contributed by atoms with van der Waals surface area (Å²) in [6.07, 6.45) is 0. The van der Waals surface area contributed by atoms with Crippen LogP contribution in [-0.2, 0) is 0 Å². The van der Waals surface area contributed by atoms with Gasteiger partial charge in [-0.25, -0.2) is 0 Å². The number of amides is 1. The standard InChI is InChI=1S/C14H18ClN3O/c1-4-17-13-6-5-11(15)7-12(13)14(19)18(3)9-10(2)8-16/h5-7,10,17H,4,9H2,1-3H3. The molecule has 0 radical (unpaired) electrons. The number of hydrogen-bond acceptors (Lipinski definition) is 3. The van der Waals surface area contributed by atoms with E-state index in [1.807, 2.05) is 6.92 Å².